The van der Waals surface area contributed by atoms with E-state index in [0.29, 0.717) is 34.3 Å². The molecule has 1 aliphatic carbocycles. The van der Waals surface area contributed by atoms with E-state index in [-0.39, 0.29) is 11.9 Å². The Morgan fingerprint density at radius 1 is 0.760 bits per heavy atom. The van der Waals surface area contributed by atoms with E-state index < -0.39 is 5.54 Å². The van der Waals surface area contributed by atoms with Gasteiger partial charge in [-0.2, -0.15) is 0 Å². The van der Waals surface area contributed by atoms with Crippen LogP contribution in [0.5, 0.6) is 0 Å². The number of anilines is 2. The second kappa shape index (κ2) is 6.04. The summed E-state index contributed by atoms with van der Waals surface area (Å²) in [5.41, 5.74) is 0.438. The molecule has 3 amide bonds. The highest BCUT2D eigenvalue weighted by Gasteiger charge is 2.59. The molecule has 2 fully saturated rings. The van der Waals surface area contributed by atoms with Gasteiger partial charge in [-0.1, -0.05) is 36.0 Å². The van der Waals surface area contributed by atoms with Gasteiger partial charge in [-0.15, -0.1) is 0 Å². The molecule has 0 radical (unpaired) electrons. The van der Waals surface area contributed by atoms with Crippen molar-refractivity contribution in [2.24, 2.45) is 0 Å². The van der Waals surface area contributed by atoms with Crippen molar-refractivity contribution in [3.63, 3.8) is 0 Å². The van der Waals surface area contributed by atoms with Crippen molar-refractivity contribution in [3.8, 4) is 0 Å². The fourth-order valence-electron chi connectivity index (χ4n) is 3.84. The van der Waals surface area contributed by atoms with Crippen LogP contribution in [0, 0.1) is 0 Å². The van der Waals surface area contributed by atoms with Crippen molar-refractivity contribution >= 4 is 46.5 Å². The Morgan fingerprint density at radius 3 is 1.76 bits per heavy atom. The average Bonchev–Trinajstić information content (AvgIpc) is 3.16. The molecule has 0 bridgehead atoms. The number of amides is 3. The number of carbonyl (C=O) groups is 2. The lowest BCUT2D eigenvalue weighted by molar-refractivity contribution is -0.121. The second-order valence-corrected chi connectivity index (χ2v) is 7.32. The molecule has 128 valence electrons. The normalized spacial score (nSPS) is 19.3. The van der Waals surface area contributed by atoms with E-state index in [4.69, 9.17) is 23.2 Å². The van der Waals surface area contributed by atoms with Gasteiger partial charge in [0.25, 0.3) is 5.91 Å². The summed E-state index contributed by atoms with van der Waals surface area (Å²) < 4.78 is 0. The molecular weight excluding hydrogens is 359 g/mol. The van der Waals surface area contributed by atoms with E-state index in [9.17, 15) is 9.59 Å². The van der Waals surface area contributed by atoms with Crippen molar-refractivity contribution in [3.05, 3.63) is 58.6 Å². The standard InChI is InChI=1S/C19H16Cl2N2O2/c20-13-3-7-15(8-4-13)22-17(24)19(11-1-2-12-19)23(18(22)25)16-9-5-14(21)6-10-16/h3-10H,1-2,11-12H2. The fourth-order valence-corrected chi connectivity index (χ4v) is 4.09. The maximum Gasteiger partial charge on any atom is 0.336 e. The lowest BCUT2D eigenvalue weighted by Gasteiger charge is -2.31. The highest BCUT2D eigenvalue weighted by molar-refractivity contribution is 6.32. The third-order valence-electron chi connectivity index (χ3n) is 5.01. The monoisotopic (exact) mass is 374 g/mol. The summed E-state index contributed by atoms with van der Waals surface area (Å²) in [6, 6.07) is 13.5. The van der Waals surface area contributed by atoms with Crippen LogP contribution in [0.25, 0.3) is 0 Å². The van der Waals surface area contributed by atoms with Crippen LogP contribution in [-0.2, 0) is 4.79 Å². The first-order chi connectivity index (χ1) is 12.0. The summed E-state index contributed by atoms with van der Waals surface area (Å²) in [7, 11) is 0. The fraction of sp³-hybridized carbons (Fsp3) is 0.263. The van der Waals surface area contributed by atoms with Crippen molar-refractivity contribution in [2.45, 2.75) is 31.2 Å². The molecule has 0 N–H and O–H groups in total. The number of urea groups is 1. The summed E-state index contributed by atoms with van der Waals surface area (Å²) >= 11 is 11.9. The van der Waals surface area contributed by atoms with E-state index in [1.807, 2.05) is 0 Å². The molecule has 1 saturated heterocycles. The SMILES string of the molecule is O=C1N(c2ccc(Cl)cc2)C(=O)C2(CCCC2)N1c1ccc(Cl)cc1. The predicted octanol–water partition coefficient (Wildman–Crippen LogP) is 5.28. The maximum atomic E-state index is 13.3. The van der Waals surface area contributed by atoms with Crippen LogP contribution >= 0.6 is 23.2 Å². The third kappa shape index (κ3) is 2.52. The van der Waals surface area contributed by atoms with E-state index in [0.717, 1.165) is 12.8 Å². The number of halogens is 2. The van der Waals surface area contributed by atoms with Gasteiger partial charge in [-0.3, -0.25) is 9.69 Å². The molecule has 0 atom stereocenters. The molecule has 6 heteroatoms. The zero-order valence-electron chi connectivity index (χ0n) is 13.4. The van der Waals surface area contributed by atoms with Crippen LogP contribution in [0.2, 0.25) is 10.0 Å². The highest BCUT2D eigenvalue weighted by Crippen LogP contribution is 2.45. The van der Waals surface area contributed by atoms with Crippen LogP contribution in [0.1, 0.15) is 25.7 Å². The Morgan fingerprint density at radius 2 is 1.24 bits per heavy atom. The molecule has 1 heterocycles. The Balaban J connectivity index is 1.82. The molecule has 0 aromatic heterocycles. The van der Waals surface area contributed by atoms with E-state index >= 15 is 0 Å². The smallest absolute Gasteiger partial charge is 0.278 e. The molecule has 1 aliphatic heterocycles. The predicted molar refractivity (Wildman–Crippen MR) is 99.5 cm³/mol. The molecule has 25 heavy (non-hydrogen) atoms. The Bertz CT molecular complexity index is 828. The minimum Gasteiger partial charge on any atom is -0.278 e. The zero-order chi connectivity index (χ0) is 17.6. The topological polar surface area (TPSA) is 40.6 Å². The van der Waals surface area contributed by atoms with Gasteiger partial charge in [0.1, 0.15) is 5.54 Å². The highest BCUT2D eigenvalue weighted by atomic mass is 35.5. The lowest BCUT2D eigenvalue weighted by Crippen LogP contribution is -2.47. The van der Waals surface area contributed by atoms with Crippen LogP contribution in [0.4, 0.5) is 16.2 Å². The van der Waals surface area contributed by atoms with Gasteiger partial charge in [0.2, 0.25) is 0 Å². The van der Waals surface area contributed by atoms with Crippen LogP contribution in [-0.4, -0.2) is 17.5 Å². The summed E-state index contributed by atoms with van der Waals surface area (Å²) in [5.74, 6) is -0.160. The van der Waals surface area contributed by atoms with Gasteiger partial charge >= 0.3 is 6.03 Å². The number of hydrogen-bond donors (Lipinski definition) is 0. The minimum atomic E-state index is -0.801. The number of rotatable bonds is 2. The van der Waals surface area contributed by atoms with Gasteiger partial charge in [-0.05, 0) is 61.4 Å². The van der Waals surface area contributed by atoms with Crippen LogP contribution in [0.15, 0.2) is 48.5 Å². The second-order valence-electron chi connectivity index (χ2n) is 6.45. The molecule has 1 spiro atoms. The molecule has 0 unspecified atom stereocenters. The average molecular weight is 375 g/mol. The Labute approximate surface area is 155 Å². The van der Waals surface area contributed by atoms with Gasteiger partial charge < -0.3 is 0 Å². The summed E-state index contributed by atoms with van der Waals surface area (Å²) in [6.07, 6.45) is 3.20. The number of nitrogens with zero attached hydrogens (tertiary/aromatic N) is 2. The first-order valence-corrected chi connectivity index (χ1v) is 8.98. The van der Waals surface area contributed by atoms with Crippen molar-refractivity contribution in [2.75, 3.05) is 9.80 Å². The quantitative estimate of drug-likeness (QED) is 0.670. The van der Waals surface area contributed by atoms with Crippen molar-refractivity contribution < 1.29 is 9.59 Å². The third-order valence-corrected chi connectivity index (χ3v) is 5.52. The summed E-state index contributed by atoms with van der Waals surface area (Å²) in [4.78, 5) is 29.4. The Hall–Kier alpha value is -2.04. The number of benzene rings is 2. The molecule has 2 aliphatic rings. The summed E-state index contributed by atoms with van der Waals surface area (Å²) in [5, 5.41) is 1.16. The molecule has 2 aromatic rings. The number of hydrogen-bond acceptors (Lipinski definition) is 2. The first kappa shape index (κ1) is 16.4. The van der Waals surface area contributed by atoms with Gasteiger partial charge in [0.15, 0.2) is 0 Å². The number of carbonyl (C=O) groups excluding carboxylic acids is 2. The van der Waals surface area contributed by atoms with Gasteiger partial charge in [0.05, 0.1) is 5.69 Å². The minimum absolute atomic E-state index is 0.160. The van der Waals surface area contributed by atoms with Gasteiger partial charge in [0, 0.05) is 15.7 Å². The number of imide groups is 1. The lowest BCUT2D eigenvalue weighted by atomic mass is 9.95. The molecular formula is C19H16Cl2N2O2. The Kier molecular flexibility index (Phi) is 3.97. The van der Waals surface area contributed by atoms with E-state index in [1.54, 1.807) is 53.4 Å². The first-order valence-electron chi connectivity index (χ1n) is 8.23. The van der Waals surface area contributed by atoms with Crippen molar-refractivity contribution in [1.82, 2.24) is 0 Å². The largest absolute Gasteiger partial charge is 0.336 e. The molecule has 1 saturated carbocycles. The maximum absolute atomic E-state index is 13.3. The van der Waals surface area contributed by atoms with Crippen LogP contribution < -0.4 is 9.80 Å². The summed E-state index contributed by atoms with van der Waals surface area (Å²) in [6.45, 7) is 0. The molecule has 4 nitrogen and oxygen atoms in total. The zero-order valence-corrected chi connectivity index (χ0v) is 14.9. The van der Waals surface area contributed by atoms with Crippen molar-refractivity contribution in [1.29, 1.82) is 0 Å². The van der Waals surface area contributed by atoms with Crippen LogP contribution in [0.3, 0.4) is 0 Å². The van der Waals surface area contributed by atoms with E-state index in [2.05, 4.69) is 0 Å². The van der Waals surface area contributed by atoms with Gasteiger partial charge in [-0.25, -0.2) is 9.69 Å². The van der Waals surface area contributed by atoms with E-state index in [1.165, 1.54) is 4.90 Å². The molecule has 4 rings (SSSR count). The molecule has 2 aromatic carbocycles.